The number of anilines is 1. The van der Waals surface area contributed by atoms with Gasteiger partial charge in [-0.3, -0.25) is 4.79 Å². The summed E-state index contributed by atoms with van der Waals surface area (Å²) >= 11 is 0. The first-order valence-electron chi connectivity index (χ1n) is 10.5. The minimum Gasteiger partial charge on any atom is -0.566 e. The van der Waals surface area contributed by atoms with Crippen LogP contribution in [-0.4, -0.2) is 61.0 Å². The number of benzene rings is 1. The third-order valence-corrected chi connectivity index (χ3v) is 5.45. The number of carbonyl (C=O) groups excluding carboxylic acids is 1. The first-order valence-corrected chi connectivity index (χ1v) is 11.6. The predicted molar refractivity (Wildman–Crippen MR) is 119 cm³/mol. The number of pyridine rings is 1. The topological polar surface area (TPSA) is 179 Å². The maximum atomic E-state index is 14.8. The van der Waals surface area contributed by atoms with Crippen molar-refractivity contribution >= 4 is 31.1 Å². The molecule has 1 aliphatic rings. The summed E-state index contributed by atoms with van der Waals surface area (Å²) in [5.41, 5.74) is 0.486. The molecule has 0 spiro atoms. The number of hydrogen-bond acceptors (Lipinski definition) is 10. The van der Waals surface area contributed by atoms with Gasteiger partial charge in [0.2, 0.25) is 0 Å². The van der Waals surface area contributed by atoms with Crippen LogP contribution in [0.3, 0.4) is 0 Å². The molecule has 0 radical (unpaired) electrons. The number of carbonyl (C=O) groups is 1. The summed E-state index contributed by atoms with van der Waals surface area (Å²) < 4.78 is 36.6. The second-order valence-electron chi connectivity index (χ2n) is 7.31. The number of halogens is 1. The Bertz CT molecular complexity index is 1290. The molecule has 3 aromatic heterocycles. The summed E-state index contributed by atoms with van der Waals surface area (Å²) in [5, 5.41) is 19.6. The number of aliphatic hydroxyl groups excluding tert-OH is 1. The smallest absolute Gasteiger partial charge is 0.488 e. The molecule has 5 atom stereocenters. The summed E-state index contributed by atoms with van der Waals surface area (Å²) in [6, 6.07) is 14.2. The first kappa shape index (κ1) is 25.3. The van der Waals surface area contributed by atoms with Gasteiger partial charge in [-0.1, -0.05) is 29.5 Å². The molecule has 4 aromatic rings. The molecule has 1 unspecified atom stereocenters. The molecule has 4 heterocycles. The summed E-state index contributed by atoms with van der Waals surface area (Å²) in [4.78, 5) is 34.1. The summed E-state index contributed by atoms with van der Waals surface area (Å²) in [7, 11) is -3.37. The Balaban J connectivity index is 0.000000445. The lowest BCUT2D eigenvalue weighted by molar-refractivity contribution is -0.377. The molecule has 1 aliphatic heterocycles. The van der Waals surface area contributed by atoms with E-state index in [1.165, 1.54) is 0 Å². The van der Waals surface area contributed by atoms with Crippen molar-refractivity contribution in [2.45, 2.75) is 24.6 Å². The Labute approximate surface area is 203 Å². The monoisotopic (exact) mass is 516 g/mol. The molecule has 5 rings (SSSR count). The maximum absolute atomic E-state index is 14.8. The fraction of sp³-hybridized carbons (Fsp3) is 0.238. The van der Waals surface area contributed by atoms with E-state index in [2.05, 4.69) is 35.1 Å². The number of aromatic amines is 1. The Hall–Kier alpha value is -3.81. The van der Waals surface area contributed by atoms with E-state index in [1.54, 1.807) is 30.3 Å². The highest BCUT2D eigenvalue weighted by atomic mass is 31.1. The SMILES string of the molecule is O=C(Nc1ncnc2c1nnn2[C@@H]1O[C@H](CO)[C@@H](O[P+](=O)[O-])[C@@H]1F)c1ccccc1.c1cc[nH+]cc1. The third-order valence-electron chi connectivity index (χ3n) is 5.03. The van der Waals surface area contributed by atoms with Gasteiger partial charge in [0.25, 0.3) is 5.91 Å². The van der Waals surface area contributed by atoms with Crippen LogP contribution in [0, 0.1) is 0 Å². The minimum absolute atomic E-state index is 0.0323. The number of aromatic nitrogens is 6. The van der Waals surface area contributed by atoms with Gasteiger partial charge in [0.05, 0.1) is 6.61 Å². The Kier molecular flexibility index (Phi) is 8.25. The van der Waals surface area contributed by atoms with Gasteiger partial charge in [-0.25, -0.2) is 19.3 Å². The zero-order valence-electron chi connectivity index (χ0n) is 18.4. The molecule has 1 fully saturated rings. The summed E-state index contributed by atoms with van der Waals surface area (Å²) in [6.07, 6.45) is -1.37. The van der Waals surface area contributed by atoms with Crippen LogP contribution in [0.2, 0.25) is 0 Å². The van der Waals surface area contributed by atoms with Gasteiger partial charge in [0.15, 0.2) is 47.9 Å². The van der Waals surface area contributed by atoms with E-state index in [9.17, 15) is 23.7 Å². The number of H-pyrrole nitrogens is 1. The molecule has 1 saturated heterocycles. The standard InChI is InChI=1S/C16H14FN6O6P.C5H5N/c17-10-12(29-30(26)27)9(6-24)28-16(10)23-14-11(21-22-23)13(18-7-19-14)20-15(25)8-4-2-1-3-5-8;1-2-4-6-5-3-1/h1-5,7,9-10,12,16,24H,6H2,(H,18,19,20,25);1-5H/p+1/t9-,10+,12-,16-;/m1./s1. The number of ether oxygens (including phenoxy) is 1. The molecule has 186 valence electrons. The fourth-order valence-corrected chi connectivity index (χ4v) is 3.85. The Morgan fingerprint density at radius 1 is 1.22 bits per heavy atom. The van der Waals surface area contributed by atoms with Gasteiger partial charge in [0, 0.05) is 17.7 Å². The average Bonchev–Trinajstić information content (AvgIpc) is 3.47. The van der Waals surface area contributed by atoms with Crippen molar-refractivity contribution in [3.8, 4) is 0 Å². The van der Waals surface area contributed by atoms with Crippen LogP contribution >= 0.6 is 8.25 Å². The number of alkyl halides is 1. The van der Waals surface area contributed by atoms with E-state index in [0.29, 0.717) is 5.56 Å². The number of amides is 1. The van der Waals surface area contributed by atoms with Crippen LogP contribution in [0.1, 0.15) is 16.6 Å². The van der Waals surface area contributed by atoms with Crippen molar-refractivity contribution in [2.24, 2.45) is 0 Å². The van der Waals surface area contributed by atoms with Crippen LogP contribution in [0.25, 0.3) is 11.2 Å². The molecule has 0 bridgehead atoms. The molecule has 36 heavy (non-hydrogen) atoms. The largest absolute Gasteiger partial charge is 0.566 e. The Morgan fingerprint density at radius 3 is 2.56 bits per heavy atom. The van der Waals surface area contributed by atoms with E-state index in [4.69, 9.17) is 4.74 Å². The maximum Gasteiger partial charge on any atom is 0.488 e. The quantitative estimate of drug-likeness (QED) is 0.345. The van der Waals surface area contributed by atoms with Crippen LogP contribution in [-0.2, 0) is 13.8 Å². The number of nitrogens with one attached hydrogen (secondary N) is 2. The zero-order valence-corrected chi connectivity index (χ0v) is 19.3. The predicted octanol–water partition coefficient (Wildman–Crippen LogP) is 0.605. The summed E-state index contributed by atoms with van der Waals surface area (Å²) in [5.74, 6) is -0.402. The molecule has 15 heteroatoms. The highest BCUT2D eigenvalue weighted by Gasteiger charge is 2.51. The number of hydrogen-bond donors (Lipinski definition) is 2. The van der Waals surface area contributed by atoms with Crippen LogP contribution in [0.4, 0.5) is 10.2 Å². The van der Waals surface area contributed by atoms with E-state index < -0.39 is 45.4 Å². The van der Waals surface area contributed by atoms with Crippen molar-refractivity contribution in [1.29, 1.82) is 0 Å². The van der Waals surface area contributed by atoms with E-state index in [-0.39, 0.29) is 17.0 Å². The molecule has 0 aliphatic carbocycles. The van der Waals surface area contributed by atoms with Crippen LogP contribution < -0.4 is 15.2 Å². The number of fused-ring (bicyclic) bond motifs is 1. The zero-order chi connectivity index (χ0) is 25.5. The van der Waals surface area contributed by atoms with Crippen molar-refractivity contribution in [1.82, 2.24) is 25.0 Å². The third kappa shape index (κ3) is 5.70. The molecule has 13 nitrogen and oxygen atoms in total. The van der Waals surface area contributed by atoms with Crippen LogP contribution in [0.5, 0.6) is 0 Å². The second-order valence-corrected chi connectivity index (χ2v) is 7.97. The second kappa shape index (κ2) is 11.7. The number of nitrogens with zero attached hydrogens (tertiary/aromatic N) is 5. The van der Waals surface area contributed by atoms with Gasteiger partial charge in [0.1, 0.15) is 12.4 Å². The highest BCUT2D eigenvalue weighted by Crippen LogP contribution is 2.37. The Morgan fingerprint density at radius 2 is 1.94 bits per heavy atom. The fourth-order valence-electron chi connectivity index (χ4n) is 3.40. The van der Waals surface area contributed by atoms with E-state index in [0.717, 1.165) is 11.0 Å². The molecule has 1 amide bonds. The van der Waals surface area contributed by atoms with Gasteiger partial charge in [-0.05, 0) is 16.7 Å². The molecular formula is C21H20FN7O6P+. The van der Waals surface area contributed by atoms with Crippen molar-refractivity contribution < 1.29 is 38.0 Å². The highest BCUT2D eigenvalue weighted by molar-refractivity contribution is 7.30. The first-order chi connectivity index (χ1) is 17.5. The molecule has 1 aromatic carbocycles. The average molecular weight is 516 g/mol. The van der Waals surface area contributed by atoms with Gasteiger partial charge in [-0.2, -0.15) is 4.68 Å². The van der Waals surface area contributed by atoms with Gasteiger partial charge >= 0.3 is 8.25 Å². The lowest BCUT2D eigenvalue weighted by atomic mass is 10.1. The van der Waals surface area contributed by atoms with Gasteiger partial charge < -0.3 is 20.1 Å². The molecule has 0 saturated carbocycles. The molecular weight excluding hydrogens is 496 g/mol. The van der Waals surface area contributed by atoms with E-state index in [1.807, 2.05) is 30.6 Å². The number of rotatable bonds is 6. The van der Waals surface area contributed by atoms with Crippen molar-refractivity contribution in [3.05, 3.63) is 72.8 Å². The van der Waals surface area contributed by atoms with Gasteiger partial charge in [-0.15, -0.1) is 9.62 Å². The van der Waals surface area contributed by atoms with Crippen molar-refractivity contribution in [3.63, 3.8) is 0 Å². The van der Waals surface area contributed by atoms with Crippen molar-refractivity contribution in [2.75, 3.05) is 11.9 Å². The lowest BCUT2D eigenvalue weighted by Gasteiger charge is -2.13. The van der Waals surface area contributed by atoms with E-state index >= 15 is 0 Å². The minimum atomic E-state index is -3.37. The number of aliphatic hydroxyl groups is 1. The molecule has 3 N–H and O–H groups in total. The summed E-state index contributed by atoms with van der Waals surface area (Å²) in [6.45, 7) is -0.676. The lowest BCUT2D eigenvalue weighted by Crippen LogP contribution is -2.32. The normalized spacial score (nSPS) is 21.5. The van der Waals surface area contributed by atoms with Crippen LogP contribution in [0.15, 0.2) is 67.3 Å².